The van der Waals surface area contributed by atoms with E-state index in [9.17, 15) is 14.0 Å². The fourth-order valence-electron chi connectivity index (χ4n) is 3.80. The molecule has 0 aliphatic carbocycles. The fraction of sp³-hybridized carbons (Fsp3) is 0.222. The Hall–Kier alpha value is -4.98. The van der Waals surface area contributed by atoms with Crippen LogP contribution in [0.2, 0.25) is 0 Å². The summed E-state index contributed by atoms with van der Waals surface area (Å²) < 4.78 is 35.4. The molecule has 4 heterocycles. The van der Waals surface area contributed by atoms with Crippen molar-refractivity contribution in [2.45, 2.75) is 20.0 Å². The molecule has 5 rings (SSSR count). The van der Waals surface area contributed by atoms with Gasteiger partial charge in [0.15, 0.2) is 5.82 Å². The molecule has 1 N–H and O–H groups in total. The zero-order chi connectivity index (χ0) is 29.1. The van der Waals surface area contributed by atoms with Crippen LogP contribution in [0.15, 0.2) is 42.7 Å². The van der Waals surface area contributed by atoms with Crippen LogP contribution in [-0.2, 0) is 9.47 Å². The third-order valence-corrected chi connectivity index (χ3v) is 6.68. The first-order chi connectivity index (χ1) is 19.7. The average Bonchev–Trinajstić information content (AvgIpc) is 3.37. The number of nitrogens with one attached hydrogen (secondary N) is 1. The lowest BCUT2D eigenvalue weighted by Crippen LogP contribution is -2.25. The summed E-state index contributed by atoms with van der Waals surface area (Å²) >= 11 is 1.26. The molecule has 0 saturated heterocycles. The van der Waals surface area contributed by atoms with Gasteiger partial charge < -0.3 is 18.9 Å². The van der Waals surface area contributed by atoms with E-state index in [-0.39, 0.29) is 18.2 Å². The molecular formula is C27H23FN6O6S. The first-order valence-corrected chi connectivity index (χ1v) is 13.0. The predicted octanol–water partition coefficient (Wildman–Crippen LogP) is 4.96. The number of anilines is 1. The summed E-state index contributed by atoms with van der Waals surface area (Å²) in [5.41, 5.74) is 3.73. The number of pyridine rings is 2. The normalized spacial score (nSPS) is 11.7. The molecule has 0 fully saturated rings. The number of hydrogen-bond acceptors (Lipinski definition) is 12. The molecule has 0 saturated carbocycles. The van der Waals surface area contributed by atoms with Crippen LogP contribution < -0.4 is 14.8 Å². The number of hydrogen-bond donors (Lipinski definition) is 1. The number of aryl methyl sites for hydroxylation is 1. The minimum Gasteiger partial charge on any atom is -0.480 e. The van der Waals surface area contributed by atoms with E-state index in [0.717, 1.165) is 11.1 Å². The van der Waals surface area contributed by atoms with E-state index >= 15 is 0 Å². The number of benzene rings is 1. The van der Waals surface area contributed by atoms with Crippen LogP contribution in [0.5, 0.6) is 11.8 Å². The van der Waals surface area contributed by atoms with Crippen molar-refractivity contribution in [2.75, 3.05) is 26.1 Å². The SMILES string of the molecule is COC(=O)c1ccc(NC(=O)O[C@H](C)COc2nc3sc(-c4cc(C)cc5nc(OC)cnc45)nc3cc2F)cn1. The topological polar surface area (TPSA) is 148 Å². The molecule has 0 aliphatic heterocycles. The zero-order valence-electron chi connectivity index (χ0n) is 22.3. The van der Waals surface area contributed by atoms with Crippen LogP contribution in [0.4, 0.5) is 14.9 Å². The van der Waals surface area contributed by atoms with Crippen LogP contribution in [0, 0.1) is 12.7 Å². The highest BCUT2D eigenvalue weighted by molar-refractivity contribution is 7.21. The number of rotatable bonds is 8. The highest BCUT2D eigenvalue weighted by Crippen LogP contribution is 2.35. The van der Waals surface area contributed by atoms with Gasteiger partial charge in [-0.2, -0.15) is 4.98 Å². The van der Waals surface area contributed by atoms with Gasteiger partial charge in [0.25, 0.3) is 5.88 Å². The van der Waals surface area contributed by atoms with Gasteiger partial charge in [0.05, 0.1) is 43.3 Å². The van der Waals surface area contributed by atoms with Crippen molar-refractivity contribution in [3.63, 3.8) is 0 Å². The van der Waals surface area contributed by atoms with Gasteiger partial charge in [0, 0.05) is 11.6 Å². The second-order valence-electron chi connectivity index (χ2n) is 8.79. The number of halogens is 1. The summed E-state index contributed by atoms with van der Waals surface area (Å²) in [7, 11) is 2.76. The Kier molecular flexibility index (Phi) is 7.83. The number of fused-ring (bicyclic) bond motifs is 2. The number of nitrogens with zero attached hydrogens (tertiary/aromatic N) is 5. The fourth-order valence-corrected chi connectivity index (χ4v) is 4.74. The van der Waals surface area contributed by atoms with Gasteiger partial charge in [0.2, 0.25) is 5.88 Å². The second-order valence-corrected chi connectivity index (χ2v) is 9.76. The number of carbonyl (C=O) groups excluding carboxylic acids is 2. The van der Waals surface area contributed by atoms with E-state index in [0.29, 0.717) is 38.0 Å². The predicted molar refractivity (Wildman–Crippen MR) is 148 cm³/mol. The average molecular weight is 579 g/mol. The highest BCUT2D eigenvalue weighted by atomic mass is 32.1. The van der Waals surface area contributed by atoms with Crippen molar-refractivity contribution in [1.29, 1.82) is 0 Å². The maximum Gasteiger partial charge on any atom is 0.412 e. The van der Waals surface area contributed by atoms with E-state index in [2.05, 4.69) is 35.0 Å². The van der Waals surface area contributed by atoms with Gasteiger partial charge in [-0.25, -0.2) is 33.9 Å². The van der Waals surface area contributed by atoms with Crippen LogP contribution in [0.1, 0.15) is 23.0 Å². The smallest absolute Gasteiger partial charge is 0.412 e. The van der Waals surface area contributed by atoms with Crippen molar-refractivity contribution in [3.8, 4) is 22.3 Å². The first-order valence-electron chi connectivity index (χ1n) is 12.2. The van der Waals surface area contributed by atoms with E-state index in [4.69, 9.17) is 14.2 Å². The Morgan fingerprint density at radius 1 is 1.05 bits per heavy atom. The molecule has 1 aromatic carbocycles. The molecule has 5 aromatic rings. The molecule has 41 heavy (non-hydrogen) atoms. The van der Waals surface area contributed by atoms with Gasteiger partial charge in [-0.3, -0.25) is 5.32 Å². The van der Waals surface area contributed by atoms with Crippen molar-refractivity contribution in [1.82, 2.24) is 24.9 Å². The molecule has 0 aliphatic rings. The zero-order valence-corrected chi connectivity index (χ0v) is 23.1. The number of methoxy groups -OCH3 is 2. The maximum atomic E-state index is 14.8. The Balaban J connectivity index is 1.26. The number of amides is 1. The summed E-state index contributed by atoms with van der Waals surface area (Å²) in [4.78, 5) is 45.9. The summed E-state index contributed by atoms with van der Waals surface area (Å²) in [5.74, 6) is -1.16. The number of thiazole rings is 1. The Morgan fingerprint density at radius 2 is 1.88 bits per heavy atom. The van der Waals surface area contributed by atoms with E-state index < -0.39 is 24.0 Å². The monoisotopic (exact) mass is 578 g/mol. The van der Waals surface area contributed by atoms with Crippen molar-refractivity contribution >= 4 is 50.5 Å². The molecule has 14 heteroatoms. The molecule has 0 bridgehead atoms. The minimum atomic E-state index is -0.782. The third kappa shape index (κ3) is 6.11. The van der Waals surface area contributed by atoms with Crippen molar-refractivity contribution in [3.05, 3.63) is 59.8 Å². The molecule has 0 unspecified atom stereocenters. The standard InChI is InChI=1S/C27H23FN6O6S/c1-13-7-16(22-19(8-13)32-21(37-3)11-30-22)24-33-20-9-17(28)23(34-25(20)41-24)39-12-14(2)40-27(36)31-15-5-6-18(29-10-15)26(35)38-4/h5-11,14H,12H2,1-4H3,(H,31,36)/t14-/m1/s1. The largest absolute Gasteiger partial charge is 0.480 e. The summed E-state index contributed by atoms with van der Waals surface area (Å²) in [6, 6.07) is 7.95. The number of ether oxygens (including phenoxy) is 4. The Morgan fingerprint density at radius 3 is 2.61 bits per heavy atom. The lowest BCUT2D eigenvalue weighted by atomic mass is 10.1. The number of esters is 1. The van der Waals surface area contributed by atoms with Gasteiger partial charge >= 0.3 is 12.1 Å². The highest BCUT2D eigenvalue weighted by Gasteiger charge is 2.18. The molecule has 210 valence electrons. The molecule has 0 radical (unpaired) electrons. The maximum absolute atomic E-state index is 14.8. The number of carbonyl (C=O) groups is 2. The Bertz CT molecular complexity index is 1760. The lowest BCUT2D eigenvalue weighted by molar-refractivity contribution is 0.0594. The minimum absolute atomic E-state index is 0.0920. The van der Waals surface area contributed by atoms with Gasteiger partial charge in [0.1, 0.15) is 33.8 Å². The molecule has 12 nitrogen and oxygen atoms in total. The molecular weight excluding hydrogens is 555 g/mol. The molecule has 1 atom stereocenters. The second kappa shape index (κ2) is 11.6. The van der Waals surface area contributed by atoms with Crippen LogP contribution in [-0.4, -0.2) is 63.9 Å². The van der Waals surface area contributed by atoms with E-state index in [1.807, 2.05) is 19.1 Å². The van der Waals surface area contributed by atoms with E-state index in [1.54, 1.807) is 6.92 Å². The third-order valence-electron chi connectivity index (χ3n) is 5.68. The van der Waals surface area contributed by atoms with Gasteiger partial charge in [-0.15, -0.1) is 0 Å². The van der Waals surface area contributed by atoms with Crippen LogP contribution in [0.25, 0.3) is 32.0 Å². The van der Waals surface area contributed by atoms with Crippen molar-refractivity contribution < 1.29 is 32.9 Å². The van der Waals surface area contributed by atoms with Gasteiger partial charge in [-0.05, 0) is 43.7 Å². The quantitative estimate of drug-likeness (QED) is 0.249. The van der Waals surface area contributed by atoms with Crippen molar-refractivity contribution in [2.24, 2.45) is 0 Å². The molecule has 1 amide bonds. The summed E-state index contributed by atoms with van der Waals surface area (Å²) in [6.45, 7) is 3.36. The summed E-state index contributed by atoms with van der Waals surface area (Å²) in [6.07, 6.45) is 1.28. The summed E-state index contributed by atoms with van der Waals surface area (Å²) in [5, 5.41) is 3.08. The van der Waals surface area contributed by atoms with Gasteiger partial charge in [-0.1, -0.05) is 11.3 Å². The molecule has 0 spiro atoms. The number of aromatic nitrogens is 5. The van der Waals surface area contributed by atoms with Crippen LogP contribution in [0.3, 0.4) is 0 Å². The van der Waals surface area contributed by atoms with Crippen LogP contribution >= 0.6 is 11.3 Å². The van der Waals surface area contributed by atoms with E-state index in [1.165, 1.54) is 56.1 Å². The molecule has 4 aromatic heterocycles. The first kappa shape index (κ1) is 27.6. The lowest BCUT2D eigenvalue weighted by Gasteiger charge is -2.14. The Labute approximate surface area is 236 Å².